The minimum atomic E-state index is -0.240. The van der Waals surface area contributed by atoms with Crippen LogP contribution in [0.4, 0.5) is 8.78 Å². The Labute approximate surface area is 345 Å². The molecule has 266 valence electrons. The van der Waals surface area contributed by atoms with E-state index in [0.717, 1.165) is 50.0 Å². The van der Waals surface area contributed by atoms with Crippen molar-refractivity contribution in [1.29, 1.82) is 0 Å². The van der Waals surface area contributed by atoms with E-state index in [1.54, 1.807) is 12.1 Å². The van der Waals surface area contributed by atoms with Crippen LogP contribution in [0.25, 0.3) is 66.1 Å². The third-order valence-electron chi connectivity index (χ3n) is 10.2. The van der Waals surface area contributed by atoms with Gasteiger partial charge in [-0.15, -0.1) is 0 Å². The van der Waals surface area contributed by atoms with Gasteiger partial charge in [0, 0.05) is 28.7 Å². The van der Waals surface area contributed by atoms with E-state index in [1.807, 2.05) is 127 Å². The molecule has 0 saturated heterocycles. The van der Waals surface area contributed by atoms with E-state index in [2.05, 4.69) is 97.1 Å². The molecule has 0 amide bonds. The zero-order valence-corrected chi connectivity index (χ0v) is 33.7. The van der Waals surface area contributed by atoms with Crippen molar-refractivity contribution in [1.82, 2.24) is 9.13 Å². The van der Waals surface area contributed by atoms with Gasteiger partial charge in [0.1, 0.15) is 5.82 Å². The second-order valence-corrected chi connectivity index (χ2v) is 15.7. The summed E-state index contributed by atoms with van der Waals surface area (Å²) in [7, 11) is 0. The van der Waals surface area contributed by atoms with Crippen LogP contribution in [-0.4, -0.2) is 9.13 Å². The lowest BCUT2D eigenvalue weighted by Gasteiger charge is -2.14. The molecule has 8 aromatic carbocycles. The monoisotopic (exact) mass is 940 g/mol. The summed E-state index contributed by atoms with van der Waals surface area (Å²) < 4.78 is 34.6. The van der Waals surface area contributed by atoms with E-state index in [4.69, 9.17) is 0 Å². The fourth-order valence-electron chi connectivity index (χ4n) is 7.77. The summed E-state index contributed by atoms with van der Waals surface area (Å²) in [6, 6.07) is 61.1. The Morgan fingerprint density at radius 3 is 1.05 bits per heavy atom. The minimum absolute atomic E-state index is 0.112. The highest BCUT2D eigenvalue weighted by Crippen LogP contribution is 2.38. The smallest absolute Gasteiger partial charge is 0.171 e. The van der Waals surface area contributed by atoms with Crippen LogP contribution in [0.1, 0.15) is 11.1 Å². The average molecular weight is 941 g/mol. The van der Waals surface area contributed by atoms with Crippen LogP contribution in [0.2, 0.25) is 0 Å². The molecule has 11 rings (SSSR count). The molecule has 0 spiro atoms. The lowest BCUT2D eigenvalue weighted by Crippen LogP contribution is -2.04. The Morgan fingerprint density at radius 1 is 0.345 bits per heavy atom. The number of hydrogen-bond acceptors (Lipinski definition) is 0. The highest BCUT2D eigenvalue weighted by molar-refractivity contribution is 14.1. The van der Waals surface area contributed by atoms with Crippen molar-refractivity contribution in [2.75, 3.05) is 0 Å². The summed E-state index contributed by atoms with van der Waals surface area (Å²) in [5.41, 5.74) is 10.8. The normalized spacial score (nSPS) is 11.6. The molecule has 0 unspecified atom stereocenters. The van der Waals surface area contributed by atoms with Crippen molar-refractivity contribution in [2.24, 2.45) is 0 Å². The summed E-state index contributed by atoms with van der Waals surface area (Å²) in [5.74, 6) is -0.353. The van der Waals surface area contributed by atoms with Crippen molar-refractivity contribution in [2.45, 2.75) is 6.42 Å². The van der Waals surface area contributed by atoms with Gasteiger partial charge in [-0.1, -0.05) is 133 Å². The topological polar surface area (TPSA) is 9.86 Å². The molecule has 2 heterocycles. The van der Waals surface area contributed by atoms with Crippen LogP contribution in [0, 0.1) is 18.8 Å². The average Bonchev–Trinajstić information content (AvgIpc) is 3.89. The number of fused-ring (bicyclic) bond motifs is 9. The first kappa shape index (κ1) is 35.4. The molecule has 10 aromatic rings. The molecule has 0 saturated carbocycles. The second-order valence-electron chi connectivity index (χ2n) is 13.4. The summed E-state index contributed by atoms with van der Waals surface area (Å²) in [6.45, 7) is 0. The fraction of sp³-hybridized carbons (Fsp3) is 0.0204. The van der Waals surface area contributed by atoms with Crippen LogP contribution < -0.4 is 0 Å². The highest BCUT2D eigenvalue weighted by Gasteiger charge is 2.20. The summed E-state index contributed by atoms with van der Waals surface area (Å²) in [6.07, 6.45) is 1.10. The maximum atomic E-state index is 16.5. The molecule has 0 atom stereocenters. The van der Waals surface area contributed by atoms with Crippen molar-refractivity contribution in [3.8, 4) is 22.5 Å². The molecule has 1 aliphatic rings. The maximum absolute atomic E-state index is 16.5. The second kappa shape index (κ2) is 15.1. The molecule has 1 aliphatic carbocycles. The van der Waals surface area contributed by atoms with Crippen LogP contribution in [0.5, 0.6) is 0 Å². The van der Waals surface area contributed by atoms with E-state index in [9.17, 15) is 4.39 Å². The van der Waals surface area contributed by atoms with Crippen molar-refractivity contribution < 1.29 is 8.78 Å². The largest absolute Gasteiger partial charge is 0.306 e. The number of hydrogen-bond donors (Lipinski definition) is 0. The highest BCUT2D eigenvalue weighted by atomic mass is 127. The molecule has 2 aromatic heterocycles. The van der Waals surface area contributed by atoms with Gasteiger partial charge in [0.2, 0.25) is 0 Å². The van der Waals surface area contributed by atoms with Gasteiger partial charge < -0.3 is 9.13 Å². The first-order valence-electron chi connectivity index (χ1n) is 18.0. The number of nitrogens with zero attached hydrogens (tertiary/aromatic N) is 2. The molecule has 0 radical (unpaired) electrons. The summed E-state index contributed by atoms with van der Waals surface area (Å²) in [5, 5.41) is 4.48. The van der Waals surface area contributed by atoms with Gasteiger partial charge in [-0.25, -0.2) is 8.78 Å². The Hall–Kier alpha value is -5.32. The summed E-state index contributed by atoms with van der Waals surface area (Å²) >= 11 is 3.94. The van der Waals surface area contributed by atoms with E-state index in [1.165, 1.54) is 22.3 Å². The maximum Gasteiger partial charge on any atom is 0.171 e. The van der Waals surface area contributed by atoms with Gasteiger partial charge in [0.15, 0.2) is 5.82 Å². The molecule has 6 heteroatoms. The summed E-state index contributed by atoms with van der Waals surface area (Å²) in [4.78, 5) is 0. The fourth-order valence-corrected chi connectivity index (χ4v) is 9.29. The zero-order chi connectivity index (χ0) is 37.5. The van der Waals surface area contributed by atoms with E-state index in [-0.39, 0.29) is 11.6 Å². The third kappa shape index (κ3) is 6.41. The van der Waals surface area contributed by atoms with Crippen molar-refractivity contribution >= 4 is 88.8 Å². The van der Waals surface area contributed by atoms with E-state index >= 15 is 4.39 Å². The number of benzene rings is 8. The molecule has 0 aliphatic heterocycles. The molecule has 2 nitrogen and oxygen atoms in total. The Morgan fingerprint density at radius 2 is 0.673 bits per heavy atom. The standard InChI is InChI=1S/C30H19FN2.C13H10.C6H3FI2/c31-30-28(32-24-14-5-1-10-20(24)21-11-2-6-15-25(21)32)18-9-19-29(30)33-26-16-7-3-12-22(26)23-13-4-8-17-27(23)33;1-3-7-12-10(5-1)9-11-6-2-4-8-13(11)12;7-6-4(8)2-1-3-5(6)9/h1-19H;1-8H,9H2;1-3H. The van der Waals surface area contributed by atoms with Gasteiger partial charge in [0.05, 0.1) is 33.4 Å². The Balaban J connectivity index is 0.000000147. The third-order valence-corrected chi connectivity index (χ3v) is 11.9. The van der Waals surface area contributed by atoms with Gasteiger partial charge in [0.25, 0.3) is 0 Å². The van der Waals surface area contributed by atoms with Crippen molar-refractivity contribution in [3.05, 3.63) is 212 Å². The predicted octanol–water partition coefficient (Wildman–Crippen LogP) is 14.3. The molecule has 0 bridgehead atoms. The lowest BCUT2D eigenvalue weighted by molar-refractivity contribution is 0.613. The lowest BCUT2D eigenvalue weighted by atomic mass is 10.1. The molecule has 0 fully saturated rings. The van der Waals surface area contributed by atoms with Crippen LogP contribution in [-0.2, 0) is 6.42 Å². The number of halogens is 4. The first-order valence-corrected chi connectivity index (χ1v) is 20.2. The first-order chi connectivity index (χ1) is 27.0. The van der Waals surface area contributed by atoms with Crippen LogP contribution >= 0.6 is 45.2 Å². The van der Waals surface area contributed by atoms with Gasteiger partial charge in [-0.3, -0.25) is 0 Å². The Kier molecular flexibility index (Phi) is 9.70. The quantitative estimate of drug-likeness (QED) is 0.121. The molecular formula is C49H32F2I2N2. The van der Waals surface area contributed by atoms with Crippen molar-refractivity contribution in [3.63, 3.8) is 0 Å². The SMILES string of the molecule is Fc1c(-n2c3ccccc3c3ccccc32)cccc1-n1c2ccccc2c2ccccc21.Fc1c(I)cccc1I.c1ccc2c(c1)Cc1ccccc1-2. The van der Waals surface area contributed by atoms with Gasteiger partial charge >= 0.3 is 0 Å². The zero-order valence-electron chi connectivity index (χ0n) is 29.4. The molecular weight excluding hydrogens is 908 g/mol. The molecule has 0 N–H and O–H groups in total. The number of rotatable bonds is 2. The predicted molar refractivity (Wildman–Crippen MR) is 242 cm³/mol. The Bertz CT molecular complexity index is 2730. The van der Waals surface area contributed by atoms with Crippen LogP contribution in [0.3, 0.4) is 0 Å². The van der Waals surface area contributed by atoms with Gasteiger partial charge in [-0.2, -0.15) is 0 Å². The minimum Gasteiger partial charge on any atom is -0.306 e. The van der Waals surface area contributed by atoms with Gasteiger partial charge in [-0.05, 0) is 122 Å². The van der Waals surface area contributed by atoms with E-state index in [0.29, 0.717) is 18.5 Å². The molecule has 55 heavy (non-hydrogen) atoms. The van der Waals surface area contributed by atoms with Crippen LogP contribution in [0.15, 0.2) is 182 Å². The number of aromatic nitrogens is 2. The number of para-hydroxylation sites is 4. The van der Waals surface area contributed by atoms with E-state index < -0.39 is 0 Å².